The van der Waals surface area contributed by atoms with Gasteiger partial charge in [-0.2, -0.15) is 11.3 Å². The summed E-state index contributed by atoms with van der Waals surface area (Å²) in [6.07, 6.45) is 6.99. The van der Waals surface area contributed by atoms with Crippen LogP contribution < -0.4 is 5.32 Å². The first kappa shape index (κ1) is 14.5. The van der Waals surface area contributed by atoms with E-state index in [1.807, 2.05) is 11.4 Å². The molecule has 1 aromatic heterocycles. The van der Waals surface area contributed by atoms with E-state index in [4.69, 9.17) is 4.74 Å². The number of amides is 1. The number of rotatable bonds is 6. The first-order valence-electron chi connectivity index (χ1n) is 7.11. The normalized spacial score (nSPS) is 18.2. The van der Waals surface area contributed by atoms with Gasteiger partial charge >= 0.3 is 0 Å². The summed E-state index contributed by atoms with van der Waals surface area (Å²) in [5.41, 5.74) is 1.14. The Hall–Kier alpha value is -0.870. The average molecular weight is 281 g/mol. The molecule has 1 amide bonds. The molecule has 1 fully saturated rings. The highest BCUT2D eigenvalue weighted by molar-refractivity contribution is 7.07. The standard InChI is InChI=1S/C15H23NO2S/c1-18-14(13-7-8-19-11-13)10-16-15(17)9-12-5-3-2-4-6-12/h7-8,11-12,14H,2-6,9-10H2,1H3,(H,16,17). The van der Waals surface area contributed by atoms with Gasteiger partial charge in [0, 0.05) is 20.1 Å². The van der Waals surface area contributed by atoms with Crippen molar-refractivity contribution in [2.24, 2.45) is 5.92 Å². The average Bonchev–Trinajstić information content (AvgIpc) is 2.95. The van der Waals surface area contributed by atoms with Crippen LogP contribution in [-0.4, -0.2) is 19.6 Å². The summed E-state index contributed by atoms with van der Waals surface area (Å²) in [5, 5.41) is 7.11. The van der Waals surface area contributed by atoms with E-state index in [2.05, 4.69) is 10.7 Å². The van der Waals surface area contributed by atoms with Crippen molar-refractivity contribution in [2.45, 2.75) is 44.6 Å². The van der Waals surface area contributed by atoms with Gasteiger partial charge in [0.25, 0.3) is 0 Å². The molecule has 0 saturated heterocycles. The van der Waals surface area contributed by atoms with E-state index in [-0.39, 0.29) is 12.0 Å². The van der Waals surface area contributed by atoms with Crippen LogP contribution in [0.15, 0.2) is 16.8 Å². The number of methoxy groups -OCH3 is 1. The number of hydrogen-bond acceptors (Lipinski definition) is 3. The van der Waals surface area contributed by atoms with Gasteiger partial charge in [-0.25, -0.2) is 0 Å². The minimum absolute atomic E-state index is 0.0263. The van der Waals surface area contributed by atoms with Gasteiger partial charge in [-0.15, -0.1) is 0 Å². The Kier molecular flexibility index (Phi) is 5.86. The number of carbonyl (C=O) groups excluding carboxylic acids is 1. The van der Waals surface area contributed by atoms with Gasteiger partial charge in [-0.05, 0) is 41.1 Å². The Morgan fingerprint density at radius 3 is 2.89 bits per heavy atom. The smallest absolute Gasteiger partial charge is 0.220 e. The highest BCUT2D eigenvalue weighted by Crippen LogP contribution is 2.26. The molecule has 1 aliphatic carbocycles. The zero-order chi connectivity index (χ0) is 13.5. The third-order valence-electron chi connectivity index (χ3n) is 3.88. The SMILES string of the molecule is COC(CNC(=O)CC1CCCCC1)c1ccsc1. The van der Waals surface area contributed by atoms with Gasteiger partial charge < -0.3 is 10.1 Å². The molecule has 1 saturated carbocycles. The zero-order valence-electron chi connectivity index (χ0n) is 11.6. The van der Waals surface area contributed by atoms with Crippen LogP contribution in [0.4, 0.5) is 0 Å². The summed E-state index contributed by atoms with van der Waals surface area (Å²) in [6.45, 7) is 0.568. The summed E-state index contributed by atoms with van der Waals surface area (Å²) in [7, 11) is 1.69. The van der Waals surface area contributed by atoms with Gasteiger partial charge in [0.1, 0.15) is 6.10 Å². The quantitative estimate of drug-likeness (QED) is 0.866. The lowest BCUT2D eigenvalue weighted by molar-refractivity contribution is -0.122. The highest BCUT2D eigenvalue weighted by Gasteiger charge is 2.18. The van der Waals surface area contributed by atoms with Crippen LogP contribution in [-0.2, 0) is 9.53 Å². The van der Waals surface area contributed by atoms with Crippen LogP contribution in [0, 0.1) is 5.92 Å². The molecule has 0 aliphatic heterocycles. The van der Waals surface area contributed by atoms with Crippen LogP contribution in [0.2, 0.25) is 0 Å². The van der Waals surface area contributed by atoms with Crippen molar-refractivity contribution in [3.8, 4) is 0 Å². The topological polar surface area (TPSA) is 38.3 Å². The van der Waals surface area contributed by atoms with Crippen LogP contribution in [0.3, 0.4) is 0 Å². The fourth-order valence-corrected chi connectivity index (χ4v) is 3.43. The molecule has 2 rings (SSSR count). The van der Waals surface area contributed by atoms with Crippen molar-refractivity contribution >= 4 is 17.2 Å². The number of nitrogens with one attached hydrogen (secondary N) is 1. The highest BCUT2D eigenvalue weighted by atomic mass is 32.1. The third kappa shape index (κ3) is 4.62. The first-order chi connectivity index (χ1) is 9.29. The summed E-state index contributed by atoms with van der Waals surface area (Å²) in [5.74, 6) is 0.764. The Morgan fingerprint density at radius 2 is 2.26 bits per heavy atom. The lowest BCUT2D eigenvalue weighted by atomic mass is 9.87. The Balaban J connectivity index is 1.72. The Bertz CT molecular complexity index is 372. The Morgan fingerprint density at radius 1 is 1.47 bits per heavy atom. The van der Waals surface area contributed by atoms with E-state index in [0.717, 1.165) is 5.56 Å². The fraction of sp³-hybridized carbons (Fsp3) is 0.667. The lowest BCUT2D eigenvalue weighted by Crippen LogP contribution is -2.30. The van der Waals surface area contributed by atoms with E-state index < -0.39 is 0 Å². The van der Waals surface area contributed by atoms with Gasteiger partial charge in [-0.3, -0.25) is 4.79 Å². The molecule has 1 unspecified atom stereocenters. The predicted octanol–water partition coefficient (Wildman–Crippen LogP) is 3.52. The molecular weight excluding hydrogens is 258 g/mol. The van der Waals surface area contributed by atoms with E-state index in [0.29, 0.717) is 18.9 Å². The van der Waals surface area contributed by atoms with Crippen molar-refractivity contribution in [1.82, 2.24) is 5.32 Å². The zero-order valence-corrected chi connectivity index (χ0v) is 12.4. The maximum atomic E-state index is 11.9. The predicted molar refractivity (Wildman–Crippen MR) is 78.3 cm³/mol. The maximum absolute atomic E-state index is 11.9. The van der Waals surface area contributed by atoms with Crippen LogP contribution in [0.5, 0.6) is 0 Å². The molecule has 106 valence electrons. The Labute approximate surface area is 119 Å². The van der Waals surface area contributed by atoms with Gasteiger partial charge in [-0.1, -0.05) is 19.3 Å². The van der Waals surface area contributed by atoms with Crippen LogP contribution >= 0.6 is 11.3 Å². The molecule has 0 aromatic carbocycles. The number of ether oxygens (including phenoxy) is 1. The van der Waals surface area contributed by atoms with Crippen molar-refractivity contribution in [3.63, 3.8) is 0 Å². The molecule has 1 aliphatic rings. The summed E-state index contributed by atoms with van der Waals surface area (Å²) in [4.78, 5) is 11.9. The molecule has 3 nitrogen and oxygen atoms in total. The molecular formula is C15H23NO2S. The maximum Gasteiger partial charge on any atom is 0.220 e. The number of thiophene rings is 1. The van der Waals surface area contributed by atoms with E-state index >= 15 is 0 Å². The molecule has 4 heteroatoms. The van der Waals surface area contributed by atoms with Crippen molar-refractivity contribution in [3.05, 3.63) is 22.4 Å². The second kappa shape index (κ2) is 7.65. The lowest BCUT2D eigenvalue weighted by Gasteiger charge is -2.21. The molecule has 1 aromatic rings. The minimum atomic E-state index is -0.0263. The van der Waals surface area contributed by atoms with E-state index in [1.54, 1.807) is 18.4 Å². The largest absolute Gasteiger partial charge is 0.375 e. The van der Waals surface area contributed by atoms with Crippen molar-refractivity contribution in [1.29, 1.82) is 0 Å². The molecule has 1 atom stereocenters. The van der Waals surface area contributed by atoms with E-state index in [9.17, 15) is 4.79 Å². The summed E-state index contributed by atoms with van der Waals surface area (Å²) in [6, 6.07) is 2.05. The molecule has 0 bridgehead atoms. The number of hydrogen-bond donors (Lipinski definition) is 1. The minimum Gasteiger partial charge on any atom is -0.375 e. The molecule has 0 spiro atoms. The van der Waals surface area contributed by atoms with E-state index in [1.165, 1.54) is 32.1 Å². The summed E-state index contributed by atoms with van der Waals surface area (Å²) >= 11 is 1.65. The molecule has 1 N–H and O–H groups in total. The monoisotopic (exact) mass is 281 g/mol. The second-order valence-corrected chi connectivity index (χ2v) is 6.07. The second-order valence-electron chi connectivity index (χ2n) is 5.29. The summed E-state index contributed by atoms with van der Waals surface area (Å²) < 4.78 is 5.43. The van der Waals surface area contributed by atoms with Gasteiger partial charge in [0.05, 0.1) is 0 Å². The molecule has 19 heavy (non-hydrogen) atoms. The van der Waals surface area contributed by atoms with Gasteiger partial charge in [0.2, 0.25) is 5.91 Å². The molecule has 1 heterocycles. The fourth-order valence-electron chi connectivity index (χ4n) is 2.73. The van der Waals surface area contributed by atoms with Crippen molar-refractivity contribution < 1.29 is 9.53 Å². The van der Waals surface area contributed by atoms with Crippen molar-refractivity contribution in [2.75, 3.05) is 13.7 Å². The molecule has 0 radical (unpaired) electrons. The van der Waals surface area contributed by atoms with Crippen LogP contribution in [0.25, 0.3) is 0 Å². The first-order valence-corrected chi connectivity index (χ1v) is 8.05. The number of carbonyl (C=O) groups is 1. The van der Waals surface area contributed by atoms with Crippen LogP contribution in [0.1, 0.15) is 50.2 Å². The third-order valence-corrected chi connectivity index (χ3v) is 4.58. The van der Waals surface area contributed by atoms with Gasteiger partial charge in [0.15, 0.2) is 0 Å².